The number of sulfonamides is 1. The molecule has 0 aromatic heterocycles. The van der Waals surface area contributed by atoms with E-state index in [4.69, 9.17) is 4.74 Å². The van der Waals surface area contributed by atoms with E-state index in [0.29, 0.717) is 18.7 Å². The molecule has 6 nitrogen and oxygen atoms in total. The van der Waals surface area contributed by atoms with Crippen molar-refractivity contribution in [3.8, 4) is 5.75 Å². The van der Waals surface area contributed by atoms with Gasteiger partial charge in [-0.25, -0.2) is 12.7 Å². The molecule has 0 aliphatic carbocycles. The zero-order valence-electron chi connectivity index (χ0n) is 15.4. The fourth-order valence-electron chi connectivity index (χ4n) is 2.38. The maximum Gasteiger partial charge on any atom is 0.251 e. The summed E-state index contributed by atoms with van der Waals surface area (Å²) in [5, 5.41) is 2.76. The van der Waals surface area contributed by atoms with Crippen molar-refractivity contribution in [3.05, 3.63) is 59.2 Å². The molecule has 140 valence electrons. The molecule has 0 unspecified atom stereocenters. The number of amides is 1. The van der Waals surface area contributed by atoms with E-state index in [-0.39, 0.29) is 10.8 Å². The monoisotopic (exact) mass is 376 g/mol. The number of rotatable bonds is 7. The molecule has 0 aliphatic heterocycles. The van der Waals surface area contributed by atoms with Crippen LogP contribution in [0.1, 0.15) is 21.5 Å². The quantitative estimate of drug-likeness (QED) is 0.753. The molecule has 7 heteroatoms. The van der Waals surface area contributed by atoms with Gasteiger partial charge in [0.25, 0.3) is 5.91 Å². The highest BCUT2D eigenvalue weighted by Gasteiger charge is 2.17. The Morgan fingerprint density at radius 2 is 1.73 bits per heavy atom. The number of hydrogen-bond acceptors (Lipinski definition) is 4. The standard InChI is InChI=1S/C19H24N2O4S/c1-14-5-10-18(15(2)13-14)25-12-11-20-19(22)16-6-8-17(9-7-16)26(23,24)21(3)4/h5-10,13H,11-12H2,1-4H3,(H,20,22). The summed E-state index contributed by atoms with van der Waals surface area (Å²) in [6.07, 6.45) is 0. The zero-order valence-corrected chi connectivity index (χ0v) is 16.3. The lowest BCUT2D eigenvalue weighted by Gasteiger charge is -2.12. The van der Waals surface area contributed by atoms with Crippen LogP contribution in [-0.2, 0) is 10.0 Å². The minimum atomic E-state index is -3.50. The van der Waals surface area contributed by atoms with Crippen LogP contribution in [0.2, 0.25) is 0 Å². The first-order chi connectivity index (χ1) is 12.2. The fraction of sp³-hybridized carbons (Fsp3) is 0.316. The van der Waals surface area contributed by atoms with Crippen LogP contribution in [0.15, 0.2) is 47.4 Å². The highest BCUT2D eigenvalue weighted by molar-refractivity contribution is 7.89. The van der Waals surface area contributed by atoms with Crippen molar-refractivity contribution in [3.63, 3.8) is 0 Å². The molecular formula is C19H24N2O4S. The number of hydrogen-bond donors (Lipinski definition) is 1. The van der Waals surface area contributed by atoms with E-state index >= 15 is 0 Å². The van der Waals surface area contributed by atoms with Crippen molar-refractivity contribution in [1.82, 2.24) is 9.62 Å². The largest absolute Gasteiger partial charge is 0.491 e. The summed E-state index contributed by atoms with van der Waals surface area (Å²) in [5.74, 6) is 0.520. The lowest BCUT2D eigenvalue weighted by Crippen LogP contribution is -2.28. The maximum absolute atomic E-state index is 12.1. The molecule has 0 saturated carbocycles. The predicted octanol–water partition coefficient (Wildman–Crippen LogP) is 2.36. The van der Waals surface area contributed by atoms with Crippen LogP contribution in [0.5, 0.6) is 5.75 Å². The van der Waals surface area contributed by atoms with Gasteiger partial charge in [0.05, 0.1) is 11.4 Å². The Morgan fingerprint density at radius 3 is 2.31 bits per heavy atom. The van der Waals surface area contributed by atoms with Gasteiger partial charge in [-0.2, -0.15) is 0 Å². The van der Waals surface area contributed by atoms with Crippen LogP contribution < -0.4 is 10.1 Å². The second-order valence-corrected chi connectivity index (χ2v) is 8.34. The van der Waals surface area contributed by atoms with E-state index in [2.05, 4.69) is 5.32 Å². The van der Waals surface area contributed by atoms with Gasteiger partial charge in [-0.15, -0.1) is 0 Å². The number of carbonyl (C=O) groups excluding carboxylic acids is 1. The molecule has 26 heavy (non-hydrogen) atoms. The summed E-state index contributed by atoms with van der Waals surface area (Å²) in [4.78, 5) is 12.3. The number of benzene rings is 2. The van der Waals surface area contributed by atoms with E-state index in [0.717, 1.165) is 15.6 Å². The van der Waals surface area contributed by atoms with Crippen molar-refractivity contribution < 1.29 is 17.9 Å². The van der Waals surface area contributed by atoms with Crippen LogP contribution in [0, 0.1) is 13.8 Å². The van der Waals surface area contributed by atoms with Gasteiger partial charge in [0.1, 0.15) is 12.4 Å². The fourth-order valence-corrected chi connectivity index (χ4v) is 3.28. The highest BCUT2D eigenvalue weighted by atomic mass is 32.2. The molecule has 0 radical (unpaired) electrons. The zero-order chi connectivity index (χ0) is 19.3. The summed E-state index contributed by atoms with van der Waals surface area (Å²) in [7, 11) is -0.568. The Hall–Kier alpha value is -2.38. The van der Waals surface area contributed by atoms with Crippen molar-refractivity contribution in [1.29, 1.82) is 0 Å². The molecule has 0 fully saturated rings. The van der Waals surface area contributed by atoms with E-state index < -0.39 is 10.0 Å². The molecule has 0 saturated heterocycles. The highest BCUT2D eigenvalue weighted by Crippen LogP contribution is 2.18. The first-order valence-electron chi connectivity index (χ1n) is 8.22. The van der Waals surface area contributed by atoms with Crippen LogP contribution in [0.3, 0.4) is 0 Å². The number of carbonyl (C=O) groups is 1. The second kappa shape index (κ2) is 8.33. The van der Waals surface area contributed by atoms with Gasteiger partial charge in [-0.3, -0.25) is 4.79 Å². The van der Waals surface area contributed by atoms with Crippen molar-refractivity contribution in [2.24, 2.45) is 0 Å². The van der Waals surface area contributed by atoms with Crippen LogP contribution >= 0.6 is 0 Å². The van der Waals surface area contributed by atoms with Gasteiger partial charge >= 0.3 is 0 Å². The van der Waals surface area contributed by atoms with Crippen molar-refractivity contribution in [2.75, 3.05) is 27.2 Å². The lowest BCUT2D eigenvalue weighted by atomic mass is 10.1. The Labute approximate surface area is 154 Å². The predicted molar refractivity (Wildman–Crippen MR) is 101 cm³/mol. The van der Waals surface area contributed by atoms with Gasteiger partial charge in [0.2, 0.25) is 10.0 Å². The maximum atomic E-state index is 12.1. The Balaban J connectivity index is 1.88. The van der Waals surface area contributed by atoms with Gasteiger partial charge in [0.15, 0.2) is 0 Å². The average molecular weight is 376 g/mol. The normalized spacial score (nSPS) is 11.4. The third-order valence-corrected chi connectivity index (χ3v) is 5.70. The summed E-state index contributed by atoms with van der Waals surface area (Å²) < 4.78 is 30.8. The third-order valence-electron chi connectivity index (χ3n) is 3.87. The molecule has 2 aromatic carbocycles. The number of ether oxygens (including phenoxy) is 1. The summed E-state index contributed by atoms with van der Waals surface area (Å²) in [6, 6.07) is 11.8. The number of nitrogens with zero attached hydrogens (tertiary/aromatic N) is 1. The Morgan fingerprint density at radius 1 is 1.08 bits per heavy atom. The molecule has 0 spiro atoms. The summed E-state index contributed by atoms with van der Waals surface area (Å²) in [6.45, 7) is 4.70. The molecule has 0 heterocycles. The Bertz CT molecular complexity index is 875. The minimum Gasteiger partial charge on any atom is -0.491 e. The minimum absolute atomic E-state index is 0.150. The molecule has 1 amide bonds. The van der Waals surface area contributed by atoms with Gasteiger partial charge in [-0.05, 0) is 49.7 Å². The molecule has 2 aromatic rings. The van der Waals surface area contributed by atoms with E-state index in [1.807, 2.05) is 32.0 Å². The van der Waals surface area contributed by atoms with Crippen LogP contribution in [-0.4, -0.2) is 45.9 Å². The van der Waals surface area contributed by atoms with Gasteiger partial charge < -0.3 is 10.1 Å². The number of aryl methyl sites for hydroxylation is 2. The molecule has 0 bridgehead atoms. The third kappa shape index (κ3) is 4.83. The summed E-state index contributed by atoms with van der Waals surface area (Å²) >= 11 is 0. The second-order valence-electron chi connectivity index (χ2n) is 6.19. The van der Waals surface area contributed by atoms with Crippen molar-refractivity contribution >= 4 is 15.9 Å². The van der Waals surface area contributed by atoms with Gasteiger partial charge in [0, 0.05) is 19.7 Å². The van der Waals surface area contributed by atoms with Crippen LogP contribution in [0.4, 0.5) is 0 Å². The SMILES string of the molecule is Cc1ccc(OCCNC(=O)c2ccc(S(=O)(=O)N(C)C)cc2)c(C)c1. The lowest BCUT2D eigenvalue weighted by molar-refractivity contribution is 0.0947. The first-order valence-corrected chi connectivity index (χ1v) is 9.66. The van der Waals surface area contributed by atoms with E-state index in [1.165, 1.54) is 43.9 Å². The number of nitrogens with one attached hydrogen (secondary N) is 1. The molecule has 1 N–H and O–H groups in total. The van der Waals surface area contributed by atoms with E-state index in [9.17, 15) is 13.2 Å². The summed E-state index contributed by atoms with van der Waals surface area (Å²) in [5.41, 5.74) is 2.62. The molecule has 2 rings (SSSR count). The van der Waals surface area contributed by atoms with Gasteiger partial charge in [-0.1, -0.05) is 17.7 Å². The topological polar surface area (TPSA) is 75.7 Å². The molecule has 0 aliphatic rings. The Kier molecular flexibility index (Phi) is 6.39. The van der Waals surface area contributed by atoms with Crippen LogP contribution in [0.25, 0.3) is 0 Å². The average Bonchev–Trinajstić information content (AvgIpc) is 2.60. The van der Waals surface area contributed by atoms with Crippen molar-refractivity contribution in [2.45, 2.75) is 18.7 Å². The first kappa shape index (κ1) is 19.9. The smallest absolute Gasteiger partial charge is 0.251 e. The molecular weight excluding hydrogens is 352 g/mol. The van der Waals surface area contributed by atoms with E-state index in [1.54, 1.807) is 0 Å². The molecule has 0 atom stereocenters.